The van der Waals surface area contributed by atoms with Gasteiger partial charge in [-0.05, 0) is 25.0 Å². The molecule has 0 aromatic heterocycles. The van der Waals surface area contributed by atoms with Crippen LogP contribution in [-0.4, -0.2) is 11.0 Å². The molecule has 0 radical (unpaired) electrons. The third-order valence-corrected chi connectivity index (χ3v) is 3.41. The SMILES string of the molecule is O=[N+]([O-])c1ccccc1Oc1ccccc1CNC1CC1. The maximum atomic E-state index is 11.0. The largest absolute Gasteiger partial charge is 0.450 e. The average Bonchev–Trinajstić information content (AvgIpc) is 3.31. The summed E-state index contributed by atoms with van der Waals surface area (Å²) in [6.45, 7) is 0.710. The summed E-state index contributed by atoms with van der Waals surface area (Å²) in [6, 6.07) is 14.6. The Morgan fingerprint density at radius 2 is 1.76 bits per heavy atom. The first kappa shape index (κ1) is 13.6. The normalized spacial score (nSPS) is 13.9. The maximum absolute atomic E-state index is 11.0. The van der Waals surface area contributed by atoms with E-state index in [1.807, 2.05) is 24.3 Å². The van der Waals surface area contributed by atoms with Gasteiger partial charge in [0.05, 0.1) is 4.92 Å². The fourth-order valence-electron chi connectivity index (χ4n) is 2.10. The lowest BCUT2D eigenvalue weighted by Gasteiger charge is -2.11. The van der Waals surface area contributed by atoms with Crippen LogP contribution in [0.25, 0.3) is 0 Å². The third kappa shape index (κ3) is 3.38. The smallest absolute Gasteiger partial charge is 0.311 e. The van der Waals surface area contributed by atoms with Crippen molar-refractivity contribution in [3.8, 4) is 11.5 Å². The molecule has 0 unspecified atom stereocenters. The van der Waals surface area contributed by atoms with Crippen LogP contribution in [0.15, 0.2) is 48.5 Å². The molecule has 2 aromatic carbocycles. The van der Waals surface area contributed by atoms with Gasteiger partial charge in [0.2, 0.25) is 5.75 Å². The molecule has 0 saturated heterocycles. The summed E-state index contributed by atoms with van der Waals surface area (Å²) in [7, 11) is 0. The number of rotatable bonds is 6. The molecule has 0 amide bonds. The zero-order valence-electron chi connectivity index (χ0n) is 11.5. The number of hydrogen-bond donors (Lipinski definition) is 1. The van der Waals surface area contributed by atoms with Crippen molar-refractivity contribution in [2.45, 2.75) is 25.4 Å². The standard InChI is InChI=1S/C16H16N2O3/c19-18(20)14-6-2-4-8-16(14)21-15-7-3-1-5-12(15)11-17-13-9-10-13/h1-8,13,17H,9-11H2. The number of ether oxygens (including phenoxy) is 1. The molecule has 5 heteroatoms. The zero-order valence-corrected chi connectivity index (χ0v) is 11.5. The summed E-state index contributed by atoms with van der Waals surface area (Å²) in [6.07, 6.45) is 2.43. The van der Waals surface area contributed by atoms with Crippen molar-refractivity contribution in [1.82, 2.24) is 5.32 Å². The van der Waals surface area contributed by atoms with Crippen LogP contribution in [0.4, 0.5) is 5.69 Å². The van der Waals surface area contributed by atoms with Crippen LogP contribution in [0.2, 0.25) is 0 Å². The van der Waals surface area contributed by atoms with Gasteiger partial charge in [0.25, 0.3) is 0 Å². The first-order chi connectivity index (χ1) is 10.2. The maximum Gasteiger partial charge on any atom is 0.311 e. The lowest BCUT2D eigenvalue weighted by atomic mass is 10.2. The van der Waals surface area contributed by atoms with Crippen LogP contribution in [0, 0.1) is 10.1 Å². The summed E-state index contributed by atoms with van der Waals surface area (Å²) >= 11 is 0. The molecule has 1 N–H and O–H groups in total. The third-order valence-electron chi connectivity index (χ3n) is 3.41. The van der Waals surface area contributed by atoms with Crippen LogP contribution >= 0.6 is 0 Å². The fourth-order valence-corrected chi connectivity index (χ4v) is 2.10. The molecular weight excluding hydrogens is 268 g/mol. The van der Waals surface area contributed by atoms with Crippen LogP contribution in [0.5, 0.6) is 11.5 Å². The molecule has 2 aromatic rings. The second kappa shape index (κ2) is 5.93. The van der Waals surface area contributed by atoms with Gasteiger partial charge in [-0.15, -0.1) is 0 Å². The van der Waals surface area contributed by atoms with E-state index in [-0.39, 0.29) is 11.4 Å². The van der Waals surface area contributed by atoms with E-state index in [4.69, 9.17) is 4.74 Å². The second-order valence-electron chi connectivity index (χ2n) is 5.09. The van der Waals surface area contributed by atoms with E-state index in [0.29, 0.717) is 18.3 Å². The summed E-state index contributed by atoms with van der Waals surface area (Å²) < 4.78 is 5.77. The highest BCUT2D eigenvalue weighted by atomic mass is 16.6. The lowest BCUT2D eigenvalue weighted by molar-refractivity contribution is -0.385. The van der Waals surface area contributed by atoms with Crippen molar-refractivity contribution in [1.29, 1.82) is 0 Å². The molecule has 1 saturated carbocycles. The number of nitro groups is 1. The molecular formula is C16H16N2O3. The van der Waals surface area contributed by atoms with Crippen LogP contribution in [-0.2, 0) is 6.54 Å². The number of nitrogens with zero attached hydrogens (tertiary/aromatic N) is 1. The molecule has 21 heavy (non-hydrogen) atoms. The molecule has 108 valence electrons. The lowest BCUT2D eigenvalue weighted by Crippen LogP contribution is -2.15. The van der Waals surface area contributed by atoms with E-state index in [1.165, 1.54) is 18.9 Å². The Balaban J connectivity index is 1.82. The van der Waals surface area contributed by atoms with Crippen LogP contribution in [0.1, 0.15) is 18.4 Å². The second-order valence-corrected chi connectivity index (χ2v) is 5.09. The zero-order chi connectivity index (χ0) is 14.7. The van der Waals surface area contributed by atoms with E-state index in [0.717, 1.165) is 5.56 Å². The van der Waals surface area contributed by atoms with Crippen molar-refractivity contribution < 1.29 is 9.66 Å². The van der Waals surface area contributed by atoms with Crippen molar-refractivity contribution in [2.24, 2.45) is 0 Å². The van der Waals surface area contributed by atoms with Crippen LogP contribution < -0.4 is 10.1 Å². The molecule has 1 aliphatic rings. The van der Waals surface area contributed by atoms with E-state index in [2.05, 4.69) is 5.32 Å². The quantitative estimate of drug-likeness (QED) is 0.649. The number of hydrogen-bond acceptors (Lipinski definition) is 4. The Kier molecular flexibility index (Phi) is 3.83. The van der Waals surface area contributed by atoms with Crippen LogP contribution in [0.3, 0.4) is 0 Å². The minimum absolute atomic E-state index is 0.0255. The van der Waals surface area contributed by atoms with E-state index in [9.17, 15) is 10.1 Å². The first-order valence-corrected chi connectivity index (χ1v) is 6.96. The van der Waals surface area contributed by atoms with E-state index >= 15 is 0 Å². The van der Waals surface area contributed by atoms with E-state index < -0.39 is 4.92 Å². The van der Waals surface area contributed by atoms with Crippen molar-refractivity contribution in [3.63, 3.8) is 0 Å². The molecule has 1 fully saturated rings. The Morgan fingerprint density at radius 3 is 2.48 bits per heavy atom. The molecule has 0 aliphatic heterocycles. The van der Waals surface area contributed by atoms with Crippen molar-refractivity contribution in [2.75, 3.05) is 0 Å². The van der Waals surface area contributed by atoms with Gasteiger partial charge < -0.3 is 10.1 Å². The van der Waals surface area contributed by atoms with E-state index in [1.54, 1.807) is 18.2 Å². The van der Waals surface area contributed by atoms with Gasteiger partial charge in [0.1, 0.15) is 5.75 Å². The summed E-state index contributed by atoms with van der Waals surface area (Å²) in [5.74, 6) is 0.918. The fraction of sp³-hybridized carbons (Fsp3) is 0.250. The minimum atomic E-state index is -0.430. The van der Waals surface area contributed by atoms with Gasteiger partial charge in [-0.1, -0.05) is 30.3 Å². The minimum Gasteiger partial charge on any atom is -0.450 e. The Bertz CT molecular complexity index is 653. The van der Waals surface area contributed by atoms with Gasteiger partial charge in [-0.25, -0.2) is 0 Å². The molecule has 0 bridgehead atoms. The molecule has 5 nitrogen and oxygen atoms in total. The number of nitro benzene ring substituents is 1. The highest BCUT2D eigenvalue weighted by molar-refractivity contribution is 5.49. The van der Waals surface area contributed by atoms with Gasteiger partial charge in [0.15, 0.2) is 0 Å². The summed E-state index contributed by atoms with van der Waals surface area (Å²) in [4.78, 5) is 10.6. The van der Waals surface area contributed by atoms with Gasteiger partial charge in [-0.3, -0.25) is 10.1 Å². The molecule has 0 heterocycles. The predicted octanol–water partition coefficient (Wildman–Crippen LogP) is 3.64. The Morgan fingerprint density at radius 1 is 1.10 bits per heavy atom. The topological polar surface area (TPSA) is 64.4 Å². The number of para-hydroxylation sites is 3. The highest BCUT2D eigenvalue weighted by Gasteiger charge is 2.21. The number of benzene rings is 2. The Labute approximate surface area is 122 Å². The Hall–Kier alpha value is -2.40. The highest BCUT2D eigenvalue weighted by Crippen LogP contribution is 2.32. The molecule has 0 spiro atoms. The molecule has 0 atom stereocenters. The van der Waals surface area contributed by atoms with Crippen molar-refractivity contribution in [3.05, 3.63) is 64.2 Å². The summed E-state index contributed by atoms with van der Waals surface area (Å²) in [5, 5.41) is 14.5. The average molecular weight is 284 g/mol. The molecule has 3 rings (SSSR count). The first-order valence-electron chi connectivity index (χ1n) is 6.96. The predicted molar refractivity (Wildman–Crippen MR) is 79.5 cm³/mol. The number of nitrogens with one attached hydrogen (secondary N) is 1. The monoisotopic (exact) mass is 284 g/mol. The van der Waals surface area contributed by atoms with Gasteiger partial charge >= 0.3 is 5.69 Å². The molecule has 1 aliphatic carbocycles. The van der Waals surface area contributed by atoms with Gasteiger partial charge in [0, 0.05) is 24.2 Å². The van der Waals surface area contributed by atoms with Crippen molar-refractivity contribution >= 4 is 5.69 Å². The van der Waals surface area contributed by atoms with Gasteiger partial charge in [-0.2, -0.15) is 0 Å². The summed E-state index contributed by atoms with van der Waals surface area (Å²) in [5.41, 5.74) is 0.977.